The van der Waals surface area contributed by atoms with E-state index in [2.05, 4.69) is 14.6 Å². The minimum absolute atomic E-state index is 0.0653. The number of nitrogens with zero attached hydrogens (tertiary/aromatic N) is 2. The number of para-hydroxylation sites is 1. The van der Waals surface area contributed by atoms with Gasteiger partial charge in [-0.15, -0.1) is 0 Å². The first kappa shape index (κ1) is 25.8. The van der Waals surface area contributed by atoms with Gasteiger partial charge in [0, 0.05) is 24.6 Å². The molecule has 1 saturated carbocycles. The standard InChI is InChI=1S/C27H33N3O5S/c1-20(29-36(3,31)32)34-25-16-15-24(26(27(25)33-2)35-23-13-7-8-14-23)30(22-11-5-4-6-12-22)19-21-10-9-17-28-18-21/h4-6,9-12,15-18,20,23,29H,7-8,13-14,19H2,1-3H3. The van der Waals surface area contributed by atoms with Crippen LogP contribution in [-0.2, 0) is 16.6 Å². The summed E-state index contributed by atoms with van der Waals surface area (Å²) < 4.78 is 44.2. The molecule has 2 aromatic carbocycles. The van der Waals surface area contributed by atoms with Crippen LogP contribution < -0.4 is 23.8 Å². The highest BCUT2D eigenvalue weighted by atomic mass is 32.2. The molecule has 0 bridgehead atoms. The predicted molar refractivity (Wildman–Crippen MR) is 140 cm³/mol. The van der Waals surface area contributed by atoms with Gasteiger partial charge in [0.1, 0.15) is 0 Å². The van der Waals surface area contributed by atoms with Gasteiger partial charge >= 0.3 is 0 Å². The van der Waals surface area contributed by atoms with Gasteiger partial charge in [0.25, 0.3) is 0 Å². The van der Waals surface area contributed by atoms with Crippen molar-refractivity contribution in [1.82, 2.24) is 9.71 Å². The number of nitrogens with one attached hydrogen (secondary N) is 1. The van der Waals surface area contributed by atoms with Crippen molar-refractivity contribution in [3.63, 3.8) is 0 Å². The van der Waals surface area contributed by atoms with Crippen molar-refractivity contribution in [3.8, 4) is 17.2 Å². The summed E-state index contributed by atoms with van der Waals surface area (Å²) in [5.74, 6) is 1.39. The number of sulfonamides is 1. The van der Waals surface area contributed by atoms with E-state index in [1.807, 2.05) is 54.7 Å². The largest absolute Gasteiger partial charge is 0.490 e. The third-order valence-electron chi connectivity index (χ3n) is 5.95. The summed E-state index contributed by atoms with van der Waals surface area (Å²) in [6.07, 6.45) is 8.14. The Morgan fingerprint density at radius 1 is 1.06 bits per heavy atom. The van der Waals surface area contributed by atoms with Gasteiger partial charge in [-0.2, -0.15) is 4.72 Å². The molecule has 8 nitrogen and oxygen atoms in total. The predicted octanol–water partition coefficient (Wildman–Crippen LogP) is 5.02. The molecule has 192 valence electrons. The average molecular weight is 512 g/mol. The third kappa shape index (κ3) is 6.67. The van der Waals surface area contributed by atoms with Crippen molar-refractivity contribution in [3.05, 3.63) is 72.6 Å². The van der Waals surface area contributed by atoms with Crippen LogP contribution in [0, 0.1) is 0 Å². The first-order chi connectivity index (χ1) is 17.3. The molecule has 1 unspecified atom stereocenters. The summed E-state index contributed by atoms with van der Waals surface area (Å²) in [7, 11) is -1.88. The van der Waals surface area contributed by atoms with Crippen LogP contribution >= 0.6 is 0 Å². The van der Waals surface area contributed by atoms with E-state index in [0.29, 0.717) is 23.8 Å². The van der Waals surface area contributed by atoms with Crippen LogP contribution in [-0.4, -0.2) is 39.1 Å². The Balaban J connectivity index is 1.79. The van der Waals surface area contributed by atoms with E-state index >= 15 is 0 Å². The second kappa shape index (κ2) is 11.6. The highest BCUT2D eigenvalue weighted by molar-refractivity contribution is 7.88. The lowest BCUT2D eigenvalue weighted by molar-refractivity contribution is 0.183. The molecular formula is C27H33N3O5S. The molecule has 0 amide bonds. The first-order valence-electron chi connectivity index (χ1n) is 12.1. The van der Waals surface area contributed by atoms with E-state index in [0.717, 1.165) is 48.9 Å². The van der Waals surface area contributed by atoms with Crippen molar-refractivity contribution in [2.24, 2.45) is 0 Å². The maximum Gasteiger partial charge on any atom is 0.211 e. The Hall–Kier alpha value is -3.30. The summed E-state index contributed by atoms with van der Waals surface area (Å²) in [6, 6.07) is 17.7. The van der Waals surface area contributed by atoms with Gasteiger partial charge in [-0.05, 0) is 68.5 Å². The van der Waals surface area contributed by atoms with Crippen LogP contribution in [0.1, 0.15) is 38.2 Å². The lowest BCUT2D eigenvalue weighted by atomic mass is 10.1. The van der Waals surface area contributed by atoms with Crippen LogP contribution in [0.3, 0.4) is 0 Å². The Kier molecular flexibility index (Phi) is 8.32. The number of anilines is 2. The molecule has 0 aliphatic heterocycles. The second-order valence-electron chi connectivity index (χ2n) is 8.90. The van der Waals surface area contributed by atoms with Gasteiger partial charge in [0.05, 0.1) is 25.2 Å². The minimum Gasteiger partial charge on any atom is -0.490 e. The molecule has 0 saturated heterocycles. The molecule has 1 atom stereocenters. The topological polar surface area (TPSA) is 90.0 Å². The minimum atomic E-state index is -3.45. The molecule has 0 radical (unpaired) electrons. The fraction of sp³-hybridized carbons (Fsp3) is 0.370. The molecule has 36 heavy (non-hydrogen) atoms. The molecule has 0 spiro atoms. The van der Waals surface area contributed by atoms with Gasteiger partial charge in [-0.25, -0.2) is 8.42 Å². The van der Waals surface area contributed by atoms with Gasteiger partial charge in [0.2, 0.25) is 15.8 Å². The smallest absolute Gasteiger partial charge is 0.211 e. The van der Waals surface area contributed by atoms with E-state index < -0.39 is 16.3 Å². The first-order valence-corrected chi connectivity index (χ1v) is 14.0. The zero-order valence-corrected chi connectivity index (χ0v) is 21.7. The lowest BCUT2D eigenvalue weighted by Gasteiger charge is -2.30. The summed E-state index contributed by atoms with van der Waals surface area (Å²) in [5.41, 5.74) is 2.85. The monoisotopic (exact) mass is 511 g/mol. The average Bonchev–Trinajstić information content (AvgIpc) is 3.36. The number of methoxy groups -OCH3 is 1. The second-order valence-corrected chi connectivity index (χ2v) is 10.7. The third-order valence-corrected chi connectivity index (χ3v) is 6.71. The van der Waals surface area contributed by atoms with Crippen molar-refractivity contribution in [2.45, 2.75) is 51.5 Å². The number of aromatic nitrogens is 1. The van der Waals surface area contributed by atoms with E-state index in [4.69, 9.17) is 14.2 Å². The summed E-state index contributed by atoms with van der Waals surface area (Å²) in [6.45, 7) is 2.19. The quantitative estimate of drug-likeness (QED) is 0.361. The molecule has 9 heteroatoms. The van der Waals surface area contributed by atoms with Crippen LogP contribution in [0.2, 0.25) is 0 Å². The van der Waals surface area contributed by atoms with Crippen molar-refractivity contribution in [1.29, 1.82) is 0 Å². The van der Waals surface area contributed by atoms with Crippen LogP contribution in [0.15, 0.2) is 67.0 Å². The summed E-state index contributed by atoms with van der Waals surface area (Å²) >= 11 is 0. The van der Waals surface area contributed by atoms with Crippen molar-refractivity contribution in [2.75, 3.05) is 18.3 Å². The number of rotatable bonds is 11. The normalized spacial score (nSPS) is 14.9. The Labute approximate surface area is 213 Å². The fourth-order valence-corrected chi connectivity index (χ4v) is 5.08. The fourth-order valence-electron chi connectivity index (χ4n) is 4.43. The lowest BCUT2D eigenvalue weighted by Crippen LogP contribution is -2.35. The number of hydrogen-bond acceptors (Lipinski definition) is 7. The Bertz CT molecular complexity index is 1230. The van der Waals surface area contributed by atoms with E-state index in [1.165, 1.54) is 0 Å². The maximum absolute atomic E-state index is 11.7. The zero-order chi connectivity index (χ0) is 25.5. The van der Waals surface area contributed by atoms with Crippen molar-refractivity contribution < 1.29 is 22.6 Å². The van der Waals surface area contributed by atoms with Crippen molar-refractivity contribution >= 4 is 21.4 Å². The van der Waals surface area contributed by atoms with Gasteiger partial charge in [-0.3, -0.25) is 4.98 Å². The Morgan fingerprint density at radius 3 is 2.44 bits per heavy atom. The summed E-state index contributed by atoms with van der Waals surface area (Å²) in [4.78, 5) is 6.44. The number of ether oxygens (including phenoxy) is 3. The summed E-state index contributed by atoms with van der Waals surface area (Å²) in [5, 5.41) is 0. The molecule has 4 rings (SSSR count). The Morgan fingerprint density at radius 2 is 1.81 bits per heavy atom. The van der Waals surface area contributed by atoms with Gasteiger partial charge in [0.15, 0.2) is 17.7 Å². The van der Waals surface area contributed by atoms with Gasteiger partial charge in [-0.1, -0.05) is 24.3 Å². The highest BCUT2D eigenvalue weighted by Crippen LogP contribution is 2.48. The molecule has 1 N–H and O–H groups in total. The number of hydrogen-bond donors (Lipinski definition) is 1. The van der Waals surface area contributed by atoms with Crippen LogP contribution in [0.4, 0.5) is 11.4 Å². The van der Waals surface area contributed by atoms with E-state index in [9.17, 15) is 8.42 Å². The molecule has 3 aromatic rings. The molecule has 1 fully saturated rings. The molecule has 1 heterocycles. The molecule has 1 aliphatic rings. The zero-order valence-electron chi connectivity index (χ0n) is 20.9. The van der Waals surface area contributed by atoms with E-state index in [1.54, 1.807) is 26.3 Å². The molecule has 1 aliphatic carbocycles. The SMILES string of the molecule is COc1c(OC(C)NS(C)(=O)=O)ccc(N(Cc2cccnc2)c2ccccc2)c1OC1CCCC1. The highest BCUT2D eigenvalue weighted by Gasteiger charge is 2.27. The molecular weight excluding hydrogens is 478 g/mol. The number of pyridine rings is 1. The molecule has 1 aromatic heterocycles. The number of benzene rings is 2. The van der Waals surface area contributed by atoms with Crippen LogP contribution in [0.25, 0.3) is 0 Å². The van der Waals surface area contributed by atoms with Crippen LogP contribution in [0.5, 0.6) is 17.2 Å². The van der Waals surface area contributed by atoms with Gasteiger partial charge < -0.3 is 19.1 Å². The maximum atomic E-state index is 11.7. The van der Waals surface area contributed by atoms with E-state index in [-0.39, 0.29) is 6.10 Å².